The zero-order valence-electron chi connectivity index (χ0n) is 11.2. The van der Waals surface area contributed by atoms with Crippen molar-refractivity contribution >= 4 is 16.9 Å². The molecule has 2 aromatic heterocycles. The fraction of sp³-hybridized carbons (Fsp3) is 0.200. The van der Waals surface area contributed by atoms with E-state index >= 15 is 0 Å². The van der Waals surface area contributed by atoms with Gasteiger partial charge in [0.15, 0.2) is 0 Å². The summed E-state index contributed by atoms with van der Waals surface area (Å²) in [5.41, 5.74) is 1.24. The van der Waals surface area contributed by atoms with Crippen LogP contribution in [0.3, 0.4) is 0 Å². The number of rotatable bonds is 4. The number of aromatic carboxylic acids is 1. The maximum Gasteiger partial charge on any atom is 0.337 e. The van der Waals surface area contributed by atoms with Gasteiger partial charge in [-0.15, -0.1) is 0 Å². The number of aryl methyl sites for hydroxylation is 1. The van der Waals surface area contributed by atoms with Crippen molar-refractivity contribution in [3.05, 3.63) is 54.2 Å². The Labute approximate surface area is 116 Å². The van der Waals surface area contributed by atoms with E-state index in [0.29, 0.717) is 12.1 Å². The number of hydrogen-bond donors (Lipinski definition) is 1. The number of para-hydroxylation sites is 1. The molecule has 0 aliphatic carbocycles. The van der Waals surface area contributed by atoms with Crippen molar-refractivity contribution < 1.29 is 9.90 Å². The molecule has 0 aliphatic heterocycles. The van der Waals surface area contributed by atoms with Gasteiger partial charge >= 0.3 is 5.97 Å². The van der Waals surface area contributed by atoms with E-state index in [4.69, 9.17) is 0 Å². The number of aromatic nitrogens is 3. The van der Waals surface area contributed by atoms with E-state index in [1.807, 2.05) is 35.0 Å². The minimum Gasteiger partial charge on any atom is -0.478 e. The van der Waals surface area contributed by atoms with Crippen LogP contribution in [0, 0.1) is 0 Å². The second kappa shape index (κ2) is 4.85. The van der Waals surface area contributed by atoms with Crippen LogP contribution in [0.5, 0.6) is 0 Å². The molecule has 0 fully saturated rings. The van der Waals surface area contributed by atoms with Gasteiger partial charge in [-0.1, -0.05) is 18.2 Å². The second-order valence-corrected chi connectivity index (χ2v) is 4.62. The van der Waals surface area contributed by atoms with Crippen molar-refractivity contribution in [2.75, 3.05) is 0 Å². The third-order valence-electron chi connectivity index (χ3n) is 3.47. The Bertz CT molecular complexity index is 770. The molecule has 0 saturated carbocycles. The molecule has 0 unspecified atom stereocenters. The van der Waals surface area contributed by atoms with Crippen molar-refractivity contribution in [1.82, 2.24) is 14.1 Å². The molecule has 0 aliphatic rings. The van der Waals surface area contributed by atoms with Crippen LogP contribution >= 0.6 is 0 Å². The maximum atomic E-state index is 11.3. The molecule has 0 saturated heterocycles. The number of imidazole rings is 1. The lowest BCUT2D eigenvalue weighted by atomic mass is 10.2. The number of hydrogen-bond acceptors (Lipinski definition) is 2. The highest BCUT2D eigenvalue weighted by atomic mass is 16.4. The zero-order chi connectivity index (χ0) is 14.1. The lowest BCUT2D eigenvalue weighted by Crippen LogP contribution is -2.06. The van der Waals surface area contributed by atoms with Crippen LogP contribution in [-0.4, -0.2) is 25.2 Å². The first-order valence-electron chi connectivity index (χ1n) is 6.52. The van der Waals surface area contributed by atoms with E-state index in [-0.39, 0.29) is 0 Å². The summed E-state index contributed by atoms with van der Waals surface area (Å²) in [7, 11) is 0. The van der Waals surface area contributed by atoms with E-state index in [0.717, 1.165) is 23.3 Å². The van der Waals surface area contributed by atoms with E-state index in [1.54, 1.807) is 12.4 Å². The molecule has 0 atom stereocenters. The summed E-state index contributed by atoms with van der Waals surface area (Å²) in [6.45, 7) is 3.47. The van der Waals surface area contributed by atoms with E-state index in [1.165, 1.54) is 0 Å². The minimum atomic E-state index is -0.904. The Balaban J connectivity index is 2.10. The summed E-state index contributed by atoms with van der Waals surface area (Å²) < 4.78 is 3.99. The van der Waals surface area contributed by atoms with E-state index in [9.17, 15) is 9.90 Å². The van der Waals surface area contributed by atoms with E-state index < -0.39 is 5.97 Å². The molecule has 1 N–H and O–H groups in total. The Kier molecular flexibility index (Phi) is 3.02. The molecule has 0 radical (unpaired) electrons. The Hall–Kier alpha value is -2.56. The van der Waals surface area contributed by atoms with Crippen molar-refractivity contribution in [3.8, 4) is 0 Å². The van der Waals surface area contributed by atoms with Crippen LogP contribution < -0.4 is 0 Å². The highest BCUT2D eigenvalue weighted by Crippen LogP contribution is 2.22. The molecule has 2 heterocycles. The molecule has 3 aromatic rings. The summed E-state index contributed by atoms with van der Waals surface area (Å²) in [6, 6.07) is 7.53. The van der Waals surface area contributed by atoms with Gasteiger partial charge in [0.25, 0.3) is 0 Å². The highest BCUT2D eigenvalue weighted by molar-refractivity contribution is 6.03. The summed E-state index contributed by atoms with van der Waals surface area (Å²) >= 11 is 0. The van der Waals surface area contributed by atoms with Crippen LogP contribution in [0.25, 0.3) is 10.9 Å². The van der Waals surface area contributed by atoms with Crippen molar-refractivity contribution in [2.24, 2.45) is 0 Å². The quantitative estimate of drug-likeness (QED) is 0.792. The fourth-order valence-electron chi connectivity index (χ4n) is 2.48. The topological polar surface area (TPSA) is 60.0 Å². The molecule has 20 heavy (non-hydrogen) atoms. The smallest absolute Gasteiger partial charge is 0.337 e. The van der Waals surface area contributed by atoms with Gasteiger partial charge in [0.2, 0.25) is 0 Å². The number of fused-ring (bicyclic) bond motifs is 1. The molecule has 102 valence electrons. The molecule has 5 heteroatoms. The predicted molar refractivity (Wildman–Crippen MR) is 75.9 cm³/mol. The fourth-order valence-corrected chi connectivity index (χ4v) is 2.48. The van der Waals surface area contributed by atoms with Gasteiger partial charge in [0.1, 0.15) is 5.82 Å². The minimum absolute atomic E-state index is 0.329. The number of benzene rings is 1. The summed E-state index contributed by atoms with van der Waals surface area (Å²) in [6.07, 6.45) is 5.38. The molecular weight excluding hydrogens is 254 g/mol. The van der Waals surface area contributed by atoms with E-state index in [2.05, 4.69) is 16.5 Å². The van der Waals surface area contributed by atoms with Crippen LogP contribution in [0.2, 0.25) is 0 Å². The van der Waals surface area contributed by atoms with Crippen LogP contribution in [-0.2, 0) is 13.1 Å². The standard InChI is InChI=1S/C15H15N3O2/c1-2-17-8-7-16-14(17)10-18-9-12(15(19)20)11-5-3-4-6-13(11)18/h3-9H,2,10H2,1H3,(H,19,20). The van der Waals surface area contributed by atoms with Gasteiger partial charge in [0.05, 0.1) is 12.1 Å². The highest BCUT2D eigenvalue weighted by Gasteiger charge is 2.14. The largest absolute Gasteiger partial charge is 0.478 e. The lowest BCUT2D eigenvalue weighted by molar-refractivity contribution is 0.0699. The number of carboxylic acids is 1. The summed E-state index contributed by atoms with van der Waals surface area (Å²) in [5.74, 6) is 0.0176. The molecule has 0 bridgehead atoms. The molecule has 3 rings (SSSR count). The van der Waals surface area contributed by atoms with Crippen LogP contribution in [0.4, 0.5) is 0 Å². The first kappa shape index (κ1) is 12.5. The number of carboxylic acid groups (broad SMARTS) is 1. The average molecular weight is 269 g/mol. The Morgan fingerprint density at radius 2 is 2.10 bits per heavy atom. The molecule has 0 spiro atoms. The summed E-state index contributed by atoms with van der Waals surface area (Å²) in [5, 5.41) is 10.0. The molecule has 0 amide bonds. The zero-order valence-corrected chi connectivity index (χ0v) is 11.2. The summed E-state index contributed by atoms with van der Waals surface area (Å²) in [4.78, 5) is 15.7. The molecule has 1 aromatic carbocycles. The van der Waals surface area contributed by atoms with Gasteiger partial charge in [0, 0.05) is 36.0 Å². The SMILES string of the molecule is CCn1ccnc1Cn1cc(C(=O)O)c2ccccc21. The maximum absolute atomic E-state index is 11.3. The van der Waals surface area contributed by atoms with Gasteiger partial charge in [-0.05, 0) is 13.0 Å². The van der Waals surface area contributed by atoms with Gasteiger partial charge < -0.3 is 14.2 Å². The average Bonchev–Trinajstić information content (AvgIpc) is 3.04. The monoisotopic (exact) mass is 269 g/mol. The first-order chi connectivity index (χ1) is 9.70. The van der Waals surface area contributed by atoms with Crippen molar-refractivity contribution in [2.45, 2.75) is 20.0 Å². The van der Waals surface area contributed by atoms with Crippen LogP contribution in [0.15, 0.2) is 42.9 Å². The van der Waals surface area contributed by atoms with Crippen LogP contribution in [0.1, 0.15) is 23.1 Å². The number of nitrogens with zero attached hydrogens (tertiary/aromatic N) is 3. The molecule has 5 nitrogen and oxygen atoms in total. The lowest BCUT2D eigenvalue weighted by Gasteiger charge is -2.07. The van der Waals surface area contributed by atoms with Crippen molar-refractivity contribution in [3.63, 3.8) is 0 Å². The van der Waals surface area contributed by atoms with Gasteiger partial charge in [-0.3, -0.25) is 0 Å². The Morgan fingerprint density at radius 1 is 1.30 bits per heavy atom. The first-order valence-corrected chi connectivity index (χ1v) is 6.52. The third-order valence-corrected chi connectivity index (χ3v) is 3.47. The normalized spacial score (nSPS) is 11.1. The van der Waals surface area contributed by atoms with Gasteiger partial charge in [-0.2, -0.15) is 0 Å². The van der Waals surface area contributed by atoms with Gasteiger partial charge in [-0.25, -0.2) is 9.78 Å². The Morgan fingerprint density at radius 3 is 2.85 bits per heavy atom. The molecular formula is C15H15N3O2. The number of carbonyl (C=O) groups is 1. The van der Waals surface area contributed by atoms with Crippen molar-refractivity contribution in [1.29, 1.82) is 0 Å². The third kappa shape index (κ3) is 1.97. The second-order valence-electron chi connectivity index (χ2n) is 4.62. The predicted octanol–water partition coefficient (Wildman–Crippen LogP) is 2.60.